The first-order valence-corrected chi connectivity index (χ1v) is 7.82. The van der Waals surface area contributed by atoms with Gasteiger partial charge in [0, 0.05) is 6.07 Å². The SMILES string of the molecule is COC(=O)c1cccc(CS(=O)(=O)Oc2cccc(F)c2)c1. The number of carbonyl (C=O) groups is 1. The maximum atomic E-state index is 13.0. The van der Waals surface area contributed by atoms with Gasteiger partial charge in [0.1, 0.15) is 17.3 Å². The summed E-state index contributed by atoms with van der Waals surface area (Å²) in [6.45, 7) is 0. The van der Waals surface area contributed by atoms with Crippen LogP contribution in [0.2, 0.25) is 0 Å². The van der Waals surface area contributed by atoms with Crippen LogP contribution in [0.25, 0.3) is 0 Å². The summed E-state index contributed by atoms with van der Waals surface area (Å²) in [4.78, 5) is 11.4. The largest absolute Gasteiger partial charge is 0.465 e. The van der Waals surface area contributed by atoms with Gasteiger partial charge < -0.3 is 8.92 Å². The molecule has 0 bridgehead atoms. The molecule has 0 radical (unpaired) electrons. The highest BCUT2D eigenvalue weighted by Crippen LogP contribution is 2.17. The lowest BCUT2D eigenvalue weighted by molar-refractivity contribution is 0.0600. The first-order valence-electron chi connectivity index (χ1n) is 6.24. The van der Waals surface area contributed by atoms with Crippen LogP contribution in [0.3, 0.4) is 0 Å². The van der Waals surface area contributed by atoms with Gasteiger partial charge in [-0.05, 0) is 29.8 Å². The van der Waals surface area contributed by atoms with E-state index in [-0.39, 0.29) is 11.3 Å². The Bertz CT molecular complexity index is 786. The zero-order valence-corrected chi connectivity index (χ0v) is 12.5. The van der Waals surface area contributed by atoms with Crippen LogP contribution in [-0.2, 0) is 20.6 Å². The lowest BCUT2D eigenvalue weighted by atomic mass is 10.1. The molecule has 7 heteroatoms. The maximum absolute atomic E-state index is 13.0. The first kappa shape index (κ1) is 16.0. The Balaban J connectivity index is 2.17. The van der Waals surface area contributed by atoms with E-state index in [0.29, 0.717) is 5.56 Å². The lowest BCUT2D eigenvalue weighted by Crippen LogP contribution is -2.13. The highest BCUT2D eigenvalue weighted by molar-refractivity contribution is 7.86. The number of hydrogen-bond donors (Lipinski definition) is 0. The number of methoxy groups -OCH3 is 1. The number of carbonyl (C=O) groups excluding carboxylic acids is 1. The van der Waals surface area contributed by atoms with Crippen LogP contribution in [0, 0.1) is 5.82 Å². The van der Waals surface area contributed by atoms with E-state index in [2.05, 4.69) is 4.74 Å². The second-order valence-electron chi connectivity index (χ2n) is 4.43. The van der Waals surface area contributed by atoms with Crippen molar-refractivity contribution in [1.29, 1.82) is 0 Å². The zero-order chi connectivity index (χ0) is 16.2. The van der Waals surface area contributed by atoms with E-state index >= 15 is 0 Å². The molecule has 0 heterocycles. The van der Waals surface area contributed by atoms with Crippen LogP contribution >= 0.6 is 0 Å². The van der Waals surface area contributed by atoms with E-state index in [4.69, 9.17) is 4.18 Å². The molecule has 116 valence electrons. The fraction of sp³-hybridized carbons (Fsp3) is 0.133. The molecule has 22 heavy (non-hydrogen) atoms. The van der Waals surface area contributed by atoms with Crippen molar-refractivity contribution < 1.29 is 26.5 Å². The fourth-order valence-corrected chi connectivity index (χ4v) is 2.85. The Morgan fingerprint density at radius 1 is 1.14 bits per heavy atom. The molecule has 0 saturated carbocycles. The van der Waals surface area contributed by atoms with Crippen molar-refractivity contribution in [3.8, 4) is 5.75 Å². The molecule has 0 aliphatic rings. The summed E-state index contributed by atoms with van der Waals surface area (Å²) in [7, 11) is -2.74. The van der Waals surface area contributed by atoms with Gasteiger partial charge in [-0.15, -0.1) is 0 Å². The molecular weight excluding hydrogens is 311 g/mol. The van der Waals surface area contributed by atoms with Crippen LogP contribution in [-0.4, -0.2) is 21.5 Å². The number of hydrogen-bond acceptors (Lipinski definition) is 5. The molecule has 0 saturated heterocycles. The average molecular weight is 324 g/mol. The predicted octanol–water partition coefficient (Wildman–Crippen LogP) is 2.52. The molecule has 0 fully saturated rings. The van der Waals surface area contributed by atoms with Crippen molar-refractivity contribution >= 4 is 16.1 Å². The van der Waals surface area contributed by atoms with Crippen LogP contribution in [0.15, 0.2) is 48.5 Å². The number of rotatable bonds is 5. The van der Waals surface area contributed by atoms with Gasteiger partial charge >= 0.3 is 16.1 Å². The molecule has 0 amide bonds. The van der Waals surface area contributed by atoms with E-state index in [1.807, 2.05) is 0 Å². The van der Waals surface area contributed by atoms with E-state index in [9.17, 15) is 17.6 Å². The summed E-state index contributed by atoms with van der Waals surface area (Å²) in [6, 6.07) is 10.8. The van der Waals surface area contributed by atoms with Gasteiger partial charge in [-0.3, -0.25) is 0 Å². The number of ether oxygens (including phenoxy) is 1. The molecule has 0 spiro atoms. The minimum atomic E-state index is -3.97. The molecule has 2 aromatic carbocycles. The van der Waals surface area contributed by atoms with E-state index in [0.717, 1.165) is 6.07 Å². The molecular formula is C15H13FO5S. The van der Waals surface area contributed by atoms with Crippen molar-refractivity contribution in [2.45, 2.75) is 5.75 Å². The van der Waals surface area contributed by atoms with E-state index in [1.165, 1.54) is 37.4 Å². The summed E-state index contributed by atoms with van der Waals surface area (Å²) in [5, 5.41) is 0. The third-order valence-corrected chi connectivity index (χ3v) is 3.84. The third-order valence-electron chi connectivity index (χ3n) is 2.71. The molecule has 0 unspecified atom stereocenters. The van der Waals surface area contributed by atoms with Crippen molar-refractivity contribution in [1.82, 2.24) is 0 Å². The van der Waals surface area contributed by atoms with Gasteiger partial charge in [-0.1, -0.05) is 18.2 Å². The second kappa shape index (κ2) is 6.57. The molecule has 5 nitrogen and oxygen atoms in total. The summed E-state index contributed by atoms with van der Waals surface area (Å²) >= 11 is 0. The Labute approximate surface area is 127 Å². The number of halogens is 1. The number of esters is 1. The summed E-state index contributed by atoms with van der Waals surface area (Å²) < 4.78 is 46.4. The minimum Gasteiger partial charge on any atom is -0.465 e. The topological polar surface area (TPSA) is 69.7 Å². The molecule has 2 aromatic rings. The van der Waals surface area contributed by atoms with Crippen LogP contribution < -0.4 is 4.18 Å². The maximum Gasteiger partial charge on any atom is 0.337 e. The highest BCUT2D eigenvalue weighted by Gasteiger charge is 2.16. The van der Waals surface area contributed by atoms with Gasteiger partial charge in [-0.25, -0.2) is 9.18 Å². The van der Waals surface area contributed by atoms with Crippen molar-refractivity contribution in [3.05, 3.63) is 65.5 Å². The van der Waals surface area contributed by atoms with Gasteiger partial charge in [0.15, 0.2) is 0 Å². The van der Waals surface area contributed by atoms with Crippen molar-refractivity contribution in [2.24, 2.45) is 0 Å². The molecule has 2 rings (SSSR count). The third kappa shape index (κ3) is 4.29. The summed E-state index contributed by atoms with van der Waals surface area (Å²) in [5.41, 5.74) is 0.597. The van der Waals surface area contributed by atoms with Gasteiger partial charge in [-0.2, -0.15) is 8.42 Å². The number of benzene rings is 2. The van der Waals surface area contributed by atoms with Gasteiger partial charge in [0.05, 0.1) is 12.7 Å². The minimum absolute atomic E-state index is 0.107. The first-order chi connectivity index (χ1) is 10.4. The lowest BCUT2D eigenvalue weighted by Gasteiger charge is -2.08. The van der Waals surface area contributed by atoms with Gasteiger partial charge in [0.25, 0.3) is 0 Å². The van der Waals surface area contributed by atoms with Crippen molar-refractivity contribution in [3.63, 3.8) is 0 Å². The van der Waals surface area contributed by atoms with Gasteiger partial charge in [0.2, 0.25) is 0 Å². The molecule has 0 N–H and O–H groups in total. The summed E-state index contributed by atoms with van der Waals surface area (Å²) in [5.74, 6) is -1.72. The Morgan fingerprint density at radius 2 is 1.86 bits per heavy atom. The normalized spacial score (nSPS) is 11.0. The second-order valence-corrected chi connectivity index (χ2v) is 6.01. The Morgan fingerprint density at radius 3 is 2.55 bits per heavy atom. The van der Waals surface area contributed by atoms with Crippen LogP contribution in [0.5, 0.6) is 5.75 Å². The molecule has 0 aliphatic heterocycles. The Hall–Kier alpha value is -2.41. The zero-order valence-electron chi connectivity index (χ0n) is 11.7. The molecule has 0 aromatic heterocycles. The van der Waals surface area contributed by atoms with Crippen molar-refractivity contribution in [2.75, 3.05) is 7.11 Å². The van der Waals surface area contributed by atoms with E-state index in [1.54, 1.807) is 12.1 Å². The van der Waals surface area contributed by atoms with Crippen LogP contribution in [0.4, 0.5) is 4.39 Å². The average Bonchev–Trinajstić information content (AvgIpc) is 2.45. The van der Waals surface area contributed by atoms with Crippen LogP contribution in [0.1, 0.15) is 15.9 Å². The standard InChI is InChI=1S/C15H13FO5S/c1-20-15(17)12-5-2-4-11(8-12)10-22(18,19)21-14-7-3-6-13(16)9-14/h2-9H,10H2,1H3. The summed E-state index contributed by atoms with van der Waals surface area (Å²) in [6.07, 6.45) is 0. The quantitative estimate of drug-likeness (QED) is 0.624. The molecule has 0 atom stereocenters. The smallest absolute Gasteiger partial charge is 0.337 e. The highest BCUT2D eigenvalue weighted by atomic mass is 32.2. The monoisotopic (exact) mass is 324 g/mol. The molecule has 0 aliphatic carbocycles. The Kier molecular flexibility index (Phi) is 4.77. The fourth-order valence-electron chi connectivity index (χ4n) is 1.80. The predicted molar refractivity (Wildman–Crippen MR) is 77.4 cm³/mol. The van der Waals surface area contributed by atoms with E-state index < -0.39 is 27.7 Å².